The molecule has 17 heavy (non-hydrogen) atoms. The Bertz CT molecular complexity index is 395. The van der Waals surface area contributed by atoms with Gasteiger partial charge in [-0.2, -0.15) is 4.37 Å². The number of hydrogen-bond acceptors (Lipinski definition) is 6. The van der Waals surface area contributed by atoms with E-state index >= 15 is 0 Å². The highest BCUT2D eigenvalue weighted by Gasteiger charge is 2.28. The van der Waals surface area contributed by atoms with Crippen molar-refractivity contribution in [2.75, 3.05) is 11.9 Å². The number of nitrogens with two attached hydrogens (primary N) is 1. The zero-order valence-electron chi connectivity index (χ0n) is 9.68. The Labute approximate surface area is 104 Å². The third-order valence-electron chi connectivity index (χ3n) is 2.69. The van der Waals surface area contributed by atoms with E-state index in [1.807, 2.05) is 6.92 Å². The molecule has 0 aliphatic carbocycles. The number of aromatic nitrogens is 2. The van der Waals surface area contributed by atoms with E-state index in [1.165, 1.54) is 11.5 Å². The number of aryl methyl sites for hydroxylation is 1. The number of ether oxygens (including phenoxy) is 1. The molecular formula is C10H16N4O2S. The summed E-state index contributed by atoms with van der Waals surface area (Å²) in [6.07, 6.45) is 1.99. The predicted molar refractivity (Wildman–Crippen MR) is 64.9 cm³/mol. The van der Waals surface area contributed by atoms with E-state index in [0.29, 0.717) is 13.0 Å². The number of amides is 1. The van der Waals surface area contributed by atoms with Crippen LogP contribution < -0.4 is 11.1 Å². The Hall–Kier alpha value is -1.21. The summed E-state index contributed by atoms with van der Waals surface area (Å²) in [7, 11) is 0. The fourth-order valence-corrected chi connectivity index (χ4v) is 2.39. The molecule has 1 aliphatic heterocycles. The summed E-state index contributed by atoms with van der Waals surface area (Å²) in [6.45, 7) is 2.66. The van der Waals surface area contributed by atoms with Crippen LogP contribution in [-0.4, -0.2) is 34.0 Å². The lowest BCUT2D eigenvalue weighted by Gasteiger charge is -2.11. The van der Waals surface area contributed by atoms with Gasteiger partial charge in [0.2, 0.25) is 11.0 Å². The van der Waals surface area contributed by atoms with Crippen LogP contribution in [0.4, 0.5) is 5.13 Å². The van der Waals surface area contributed by atoms with Gasteiger partial charge in [-0.15, -0.1) is 0 Å². The molecule has 0 saturated carbocycles. The fraction of sp³-hybridized carbons (Fsp3) is 0.700. The quantitative estimate of drug-likeness (QED) is 0.802. The molecule has 94 valence electrons. The maximum Gasteiger partial charge on any atom is 0.246 e. The second-order valence-electron chi connectivity index (χ2n) is 3.98. The highest BCUT2D eigenvalue weighted by atomic mass is 32.1. The number of anilines is 1. The molecule has 1 aromatic heterocycles. The SMILES string of the molecule is CCc1nsc(NCC2CCC(C(N)=O)O2)n1. The zero-order valence-corrected chi connectivity index (χ0v) is 10.5. The van der Waals surface area contributed by atoms with Gasteiger partial charge < -0.3 is 15.8 Å². The molecule has 0 bridgehead atoms. The van der Waals surface area contributed by atoms with Crippen LogP contribution in [0.25, 0.3) is 0 Å². The van der Waals surface area contributed by atoms with Gasteiger partial charge in [-0.25, -0.2) is 4.98 Å². The molecule has 7 heteroatoms. The van der Waals surface area contributed by atoms with Gasteiger partial charge in [-0.3, -0.25) is 4.79 Å². The maximum absolute atomic E-state index is 10.9. The van der Waals surface area contributed by atoms with Crippen molar-refractivity contribution in [3.8, 4) is 0 Å². The van der Waals surface area contributed by atoms with Crippen LogP contribution in [0.1, 0.15) is 25.6 Å². The van der Waals surface area contributed by atoms with Gasteiger partial charge >= 0.3 is 0 Å². The minimum absolute atomic E-state index is 0.0291. The van der Waals surface area contributed by atoms with Crippen LogP contribution in [0.3, 0.4) is 0 Å². The summed E-state index contributed by atoms with van der Waals surface area (Å²) < 4.78 is 9.67. The highest BCUT2D eigenvalue weighted by Crippen LogP contribution is 2.20. The lowest BCUT2D eigenvalue weighted by atomic mass is 10.2. The number of carbonyl (C=O) groups excluding carboxylic acids is 1. The van der Waals surface area contributed by atoms with E-state index in [2.05, 4.69) is 14.7 Å². The molecule has 1 saturated heterocycles. The molecule has 1 aromatic rings. The van der Waals surface area contributed by atoms with Crippen molar-refractivity contribution in [3.05, 3.63) is 5.82 Å². The Morgan fingerprint density at radius 3 is 3.06 bits per heavy atom. The maximum atomic E-state index is 10.9. The zero-order chi connectivity index (χ0) is 12.3. The van der Waals surface area contributed by atoms with Gasteiger partial charge in [-0.1, -0.05) is 6.92 Å². The average Bonchev–Trinajstić information content (AvgIpc) is 2.95. The number of nitrogens with one attached hydrogen (secondary N) is 1. The lowest BCUT2D eigenvalue weighted by molar-refractivity contribution is -0.128. The van der Waals surface area contributed by atoms with Crippen molar-refractivity contribution >= 4 is 22.6 Å². The lowest BCUT2D eigenvalue weighted by Crippen LogP contribution is -2.30. The van der Waals surface area contributed by atoms with E-state index in [1.54, 1.807) is 0 Å². The topological polar surface area (TPSA) is 90.1 Å². The van der Waals surface area contributed by atoms with Crippen LogP contribution in [0.2, 0.25) is 0 Å². The van der Waals surface area contributed by atoms with Crippen LogP contribution in [0.5, 0.6) is 0 Å². The van der Waals surface area contributed by atoms with Gasteiger partial charge in [0.05, 0.1) is 6.10 Å². The highest BCUT2D eigenvalue weighted by molar-refractivity contribution is 7.09. The third kappa shape index (κ3) is 3.13. The van der Waals surface area contributed by atoms with Gasteiger partial charge in [0.1, 0.15) is 11.9 Å². The molecule has 2 atom stereocenters. The number of primary amides is 1. The molecule has 1 amide bonds. The van der Waals surface area contributed by atoms with E-state index in [-0.39, 0.29) is 12.0 Å². The molecule has 0 spiro atoms. The monoisotopic (exact) mass is 256 g/mol. The number of nitrogens with zero attached hydrogens (tertiary/aromatic N) is 2. The number of hydrogen-bond donors (Lipinski definition) is 2. The van der Waals surface area contributed by atoms with Crippen molar-refractivity contribution in [3.63, 3.8) is 0 Å². The Kier molecular flexibility index (Phi) is 3.90. The van der Waals surface area contributed by atoms with Crippen molar-refractivity contribution in [1.82, 2.24) is 9.36 Å². The van der Waals surface area contributed by atoms with Crippen molar-refractivity contribution in [1.29, 1.82) is 0 Å². The largest absolute Gasteiger partial charge is 0.367 e. The van der Waals surface area contributed by atoms with E-state index in [0.717, 1.165) is 23.8 Å². The smallest absolute Gasteiger partial charge is 0.246 e. The second-order valence-corrected chi connectivity index (χ2v) is 4.73. The van der Waals surface area contributed by atoms with Gasteiger partial charge in [0.25, 0.3) is 0 Å². The van der Waals surface area contributed by atoms with Crippen LogP contribution in [-0.2, 0) is 16.0 Å². The summed E-state index contributed by atoms with van der Waals surface area (Å²) in [6, 6.07) is 0. The predicted octanol–water partition coefficient (Wildman–Crippen LogP) is 0.545. The summed E-state index contributed by atoms with van der Waals surface area (Å²) in [4.78, 5) is 15.2. The average molecular weight is 256 g/mol. The molecule has 6 nitrogen and oxygen atoms in total. The number of rotatable bonds is 5. The minimum Gasteiger partial charge on any atom is -0.367 e. The van der Waals surface area contributed by atoms with Crippen molar-refractivity contribution < 1.29 is 9.53 Å². The first-order valence-electron chi connectivity index (χ1n) is 5.70. The summed E-state index contributed by atoms with van der Waals surface area (Å²) in [5.41, 5.74) is 5.18. The minimum atomic E-state index is -0.428. The first-order valence-corrected chi connectivity index (χ1v) is 6.47. The Morgan fingerprint density at radius 1 is 1.65 bits per heavy atom. The van der Waals surface area contributed by atoms with E-state index < -0.39 is 6.10 Å². The molecule has 1 aliphatic rings. The Balaban J connectivity index is 1.77. The standard InChI is InChI=1S/C10H16N4O2S/c1-2-8-13-10(17-14-8)12-5-6-3-4-7(16-6)9(11)15/h6-7H,2-5H2,1H3,(H2,11,15)(H,12,13,14). The third-order valence-corrected chi connectivity index (χ3v) is 3.40. The first kappa shape index (κ1) is 12.3. The van der Waals surface area contributed by atoms with Crippen molar-refractivity contribution in [2.24, 2.45) is 5.73 Å². The number of carbonyl (C=O) groups is 1. The molecule has 0 radical (unpaired) electrons. The molecule has 2 heterocycles. The van der Waals surface area contributed by atoms with E-state index in [4.69, 9.17) is 10.5 Å². The second kappa shape index (κ2) is 5.42. The summed E-state index contributed by atoms with van der Waals surface area (Å²) in [5, 5.41) is 3.97. The van der Waals surface area contributed by atoms with Crippen LogP contribution in [0.15, 0.2) is 0 Å². The molecule has 0 aromatic carbocycles. The van der Waals surface area contributed by atoms with E-state index in [9.17, 15) is 4.79 Å². The molecule has 2 rings (SSSR count). The van der Waals surface area contributed by atoms with Gasteiger partial charge in [-0.05, 0) is 12.8 Å². The van der Waals surface area contributed by atoms with Crippen LogP contribution in [0, 0.1) is 0 Å². The van der Waals surface area contributed by atoms with Crippen molar-refractivity contribution in [2.45, 2.75) is 38.4 Å². The fourth-order valence-electron chi connectivity index (χ4n) is 1.74. The van der Waals surface area contributed by atoms with Gasteiger partial charge in [0.15, 0.2) is 0 Å². The molecular weight excluding hydrogens is 240 g/mol. The Morgan fingerprint density at radius 2 is 2.47 bits per heavy atom. The molecule has 3 N–H and O–H groups in total. The summed E-state index contributed by atoms with van der Waals surface area (Å²) in [5.74, 6) is 0.469. The summed E-state index contributed by atoms with van der Waals surface area (Å²) >= 11 is 1.35. The normalized spacial score (nSPS) is 23.8. The first-order chi connectivity index (χ1) is 8.19. The molecule has 2 unspecified atom stereocenters. The van der Waals surface area contributed by atoms with Crippen LogP contribution >= 0.6 is 11.5 Å². The molecule has 1 fully saturated rings. The van der Waals surface area contributed by atoms with Gasteiger partial charge in [0, 0.05) is 24.5 Å².